The Morgan fingerprint density at radius 2 is 2.30 bits per heavy atom. The fraction of sp³-hybridized carbons (Fsp3) is 0.545. The van der Waals surface area contributed by atoms with E-state index in [-0.39, 0.29) is 12.3 Å². The molecule has 4 atom stereocenters. The molecule has 0 spiro atoms. The van der Waals surface area contributed by atoms with Crippen LogP contribution in [0.1, 0.15) is 6.92 Å². The Morgan fingerprint density at radius 3 is 2.85 bits per heavy atom. The van der Waals surface area contributed by atoms with Gasteiger partial charge >= 0.3 is 17.5 Å². The molecule has 0 aromatic rings. The Morgan fingerprint density at radius 1 is 1.60 bits per heavy atom. The molecule has 0 radical (unpaired) electrons. The summed E-state index contributed by atoms with van der Waals surface area (Å²) in [6.45, 7) is 0.953. The summed E-state index contributed by atoms with van der Waals surface area (Å²) in [6.07, 6.45) is -2.56. The third kappa shape index (κ3) is 2.41. The number of hydrogen-bond acceptors (Lipinski definition) is 9. The number of ether oxygens (including phenoxy) is 2. The van der Waals surface area contributed by atoms with Crippen LogP contribution in [0.2, 0.25) is 0 Å². The van der Waals surface area contributed by atoms with Crippen LogP contribution in [0.3, 0.4) is 0 Å². The van der Waals surface area contributed by atoms with E-state index in [1.807, 2.05) is 0 Å². The first kappa shape index (κ1) is 14.2. The average Bonchev–Trinajstić information content (AvgIpc) is 2.90. The summed E-state index contributed by atoms with van der Waals surface area (Å²) < 4.78 is 10.0. The van der Waals surface area contributed by atoms with Crippen LogP contribution in [-0.4, -0.2) is 63.7 Å². The third-order valence-corrected chi connectivity index (χ3v) is 2.86. The quantitative estimate of drug-likeness (QED) is 0.419. The van der Waals surface area contributed by atoms with Gasteiger partial charge in [-0.05, 0) is 4.99 Å². The molecule has 0 unspecified atom stereocenters. The summed E-state index contributed by atoms with van der Waals surface area (Å²) in [7, 11) is 0. The Balaban J connectivity index is 2.08. The fourth-order valence-electron chi connectivity index (χ4n) is 1.85. The molecule has 9 heteroatoms. The summed E-state index contributed by atoms with van der Waals surface area (Å²) in [4.78, 5) is 15.1. The molecule has 1 saturated heterocycles. The molecule has 2 aliphatic heterocycles. The molecule has 106 valence electrons. The van der Waals surface area contributed by atoms with Gasteiger partial charge in [0.05, 0.1) is 0 Å². The van der Waals surface area contributed by atoms with Crippen molar-refractivity contribution in [3.8, 4) is 6.07 Å². The maximum atomic E-state index is 10.7. The van der Waals surface area contributed by atoms with Crippen LogP contribution in [0.15, 0.2) is 16.6 Å². The van der Waals surface area contributed by atoms with E-state index >= 15 is 0 Å². The molecule has 9 nitrogen and oxygen atoms in total. The van der Waals surface area contributed by atoms with Gasteiger partial charge in [-0.1, -0.05) is 0 Å². The molecule has 0 aromatic heterocycles. The number of aliphatic imine (C=N–C) groups is 1. The van der Waals surface area contributed by atoms with Crippen molar-refractivity contribution in [3.63, 3.8) is 0 Å². The van der Waals surface area contributed by atoms with Gasteiger partial charge in [0.15, 0.2) is 0 Å². The van der Waals surface area contributed by atoms with E-state index in [1.54, 1.807) is 6.07 Å². The van der Waals surface area contributed by atoms with Gasteiger partial charge in [0.25, 0.3) is 6.34 Å². The number of aliphatic hydroxyl groups is 3. The lowest BCUT2D eigenvalue weighted by molar-refractivity contribution is -0.147. The van der Waals surface area contributed by atoms with E-state index in [0.29, 0.717) is 0 Å². The van der Waals surface area contributed by atoms with Gasteiger partial charge in [0.2, 0.25) is 12.3 Å². The van der Waals surface area contributed by atoms with E-state index < -0.39 is 36.4 Å². The van der Waals surface area contributed by atoms with E-state index in [2.05, 4.69) is 11.3 Å². The third-order valence-electron chi connectivity index (χ3n) is 2.86. The molecule has 0 aliphatic carbocycles. The van der Waals surface area contributed by atoms with Gasteiger partial charge in [-0.3, -0.25) is 4.79 Å². The number of carbonyl (C=O) groups excluding carboxylic acids is 1. The van der Waals surface area contributed by atoms with Crippen LogP contribution < -0.4 is 0 Å². The lowest BCUT2D eigenvalue weighted by Crippen LogP contribution is -2.42. The van der Waals surface area contributed by atoms with Crippen LogP contribution in [0.4, 0.5) is 0 Å². The Bertz CT molecular complexity index is 511. The predicted molar refractivity (Wildman–Crippen MR) is 61.8 cm³/mol. The first-order valence-corrected chi connectivity index (χ1v) is 5.69. The van der Waals surface area contributed by atoms with E-state index in [1.165, 1.54) is 6.92 Å². The SMILES string of the molecule is CC(=O)OC[C@H]1O[C@@H](N2[C+]=NC(C#N)=C2O)[C@H](O)[C@@H]1O. The van der Waals surface area contributed by atoms with Crippen molar-refractivity contribution in [2.75, 3.05) is 6.61 Å². The lowest BCUT2D eigenvalue weighted by Gasteiger charge is -2.16. The molecular weight excluding hydrogens is 270 g/mol. The maximum Gasteiger partial charge on any atom is 0.393 e. The first-order valence-electron chi connectivity index (χ1n) is 5.69. The number of carbonyl (C=O) groups is 1. The molecule has 2 aliphatic rings. The minimum absolute atomic E-state index is 0.245. The maximum absolute atomic E-state index is 10.7. The number of allylic oxidation sites excluding steroid dienone is 1. The highest BCUT2D eigenvalue weighted by Gasteiger charge is 2.52. The van der Waals surface area contributed by atoms with Crippen molar-refractivity contribution in [3.05, 3.63) is 11.6 Å². The molecule has 0 saturated carbocycles. The van der Waals surface area contributed by atoms with Crippen LogP contribution >= 0.6 is 0 Å². The zero-order valence-corrected chi connectivity index (χ0v) is 10.4. The Hall–Kier alpha value is -2.24. The van der Waals surface area contributed by atoms with Crippen molar-refractivity contribution >= 4 is 12.3 Å². The van der Waals surface area contributed by atoms with Crippen LogP contribution in [0.5, 0.6) is 0 Å². The fourth-order valence-corrected chi connectivity index (χ4v) is 1.85. The summed E-state index contributed by atoms with van der Waals surface area (Å²) in [5, 5.41) is 38.0. The highest BCUT2D eigenvalue weighted by molar-refractivity contribution is 5.66. The highest BCUT2D eigenvalue weighted by atomic mass is 16.6. The van der Waals surface area contributed by atoms with Gasteiger partial charge in [-0.15, -0.1) is 4.90 Å². The first-order chi connectivity index (χ1) is 9.45. The van der Waals surface area contributed by atoms with Gasteiger partial charge in [-0.2, -0.15) is 5.26 Å². The average molecular weight is 282 g/mol. The van der Waals surface area contributed by atoms with Gasteiger partial charge in [-0.25, -0.2) is 0 Å². The second-order valence-corrected chi connectivity index (χ2v) is 4.21. The van der Waals surface area contributed by atoms with Gasteiger partial charge in [0.1, 0.15) is 24.9 Å². The van der Waals surface area contributed by atoms with Crippen molar-refractivity contribution in [1.82, 2.24) is 4.90 Å². The molecule has 2 rings (SSSR count). The summed E-state index contributed by atoms with van der Waals surface area (Å²) >= 11 is 0. The topological polar surface area (TPSA) is 136 Å². The Labute approximate surface area is 114 Å². The number of nitriles is 1. The van der Waals surface area contributed by atoms with Crippen LogP contribution in [-0.2, 0) is 14.3 Å². The zero-order chi connectivity index (χ0) is 14.9. The van der Waals surface area contributed by atoms with Crippen molar-refractivity contribution < 1.29 is 29.6 Å². The summed E-state index contributed by atoms with van der Waals surface area (Å²) in [5.41, 5.74) is -0.279. The lowest BCUT2D eigenvalue weighted by atomic mass is 10.1. The summed E-state index contributed by atoms with van der Waals surface area (Å²) in [6, 6.07) is 1.63. The molecule has 0 amide bonds. The van der Waals surface area contributed by atoms with Crippen molar-refractivity contribution in [2.24, 2.45) is 4.99 Å². The number of nitrogens with zero attached hydrogens (tertiary/aromatic N) is 3. The van der Waals surface area contributed by atoms with E-state index in [0.717, 1.165) is 4.90 Å². The summed E-state index contributed by atoms with van der Waals surface area (Å²) in [5.74, 6) is -1.08. The normalized spacial score (nSPS) is 32.2. The van der Waals surface area contributed by atoms with Crippen molar-refractivity contribution in [1.29, 1.82) is 5.26 Å². The standard InChI is InChI=1S/C11H11N3O6/c1-5(15)19-3-7-8(16)9(17)11(20-7)14-4-13-6(2-12)10(14)18/h7-9,11,16-17H,3H2,1H3/p+1/t7-,8-,9-,11-/m1/s1. The second-order valence-electron chi connectivity index (χ2n) is 4.21. The molecule has 1 fully saturated rings. The minimum Gasteiger partial charge on any atom is -0.463 e. The smallest absolute Gasteiger partial charge is 0.393 e. The predicted octanol–water partition coefficient (Wildman–Crippen LogP) is -1.53. The molecule has 2 heterocycles. The largest absolute Gasteiger partial charge is 0.463 e. The number of rotatable bonds is 3. The van der Waals surface area contributed by atoms with Gasteiger partial charge < -0.3 is 24.8 Å². The van der Waals surface area contributed by atoms with E-state index in [4.69, 9.17) is 14.7 Å². The van der Waals surface area contributed by atoms with Crippen LogP contribution in [0.25, 0.3) is 0 Å². The number of hydrogen-bond donors (Lipinski definition) is 3. The van der Waals surface area contributed by atoms with E-state index in [9.17, 15) is 20.1 Å². The molecule has 0 aromatic carbocycles. The number of aliphatic hydroxyl groups excluding tert-OH is 3. The molecule has 3 N–H and O–H groups in total. The Kier molecular flexibility index (Phi) is 3.83. The monoisotopic (exact) mass is 282 g/mol. The molecule has 20 heavy (non-hydrogen) atoms. The van der Waals surface area contributed by atoms with Crippen LogP contribution in [0, 0.1) is 11.3 Å². The molecular formula is C11H12N3O6+. The second kappa shape index (κ2) is 5.40. The van der Waals surface area contributed by atoms with Crippen molar-refractivity contribution in [2.45, 2.75) is 31.5 Å². The highest BCUT2D eigenvalue weighted by Crippen LogP contribution is 2.28. The minimum atomic E-state index is -1.39. The number of esters is 1. The zero-order valence-electron chi connectivity index (χ0n) is 10.4. The molecule has 0 bridgehead atoms. The van der Waals surface area contributed by atoms with Gasteiger partial charge in [0, 0.05) is 6.92 Å².